The number of rotatable bonds is 10. The topological polar surface area (TPSA) is 68.5 Å². The highest BCUT2D eigenvalue weighted by Crippen LogP contribution is 2.39. The van der Waals surface area contributed by atoms with Crippen LogP contribution in [0.15, 0.2) is 65.1 Å². The van der Waals surface area contributed by atoms with Crippen LogP contribution in [-0.4, -0.2) is 25.3 Å². The number of halogens is 1. The molecule has 5 nitrogen and oxygen atoms in total. The SMILES string of the molecule is C.CNC(=O)c1c(-c2ccc(F)cc2)oc2ccc(-c3cc(C(=O)CCC(C)C)ccc3OCC3CCCCC3)cc12. The van der Waals surface area contributed by atoms with Crippen molar-refractivity contribution >= 4 is 22.7 Å². The summed E-state index contributed by atoms with van der Waals surface area (Å²) in [6.45, 7) is 4.87. The zero-order chi connectivity index (χ0) is 28.9. The number of benzene rings is 3. The molecule has 5 rings (SSSR count). The molecule has 0 spiro atoms. The van der Waals surface area contributed by atoms with E-state index in [1.165, 1.54) is 44.2 Å². The molecule has 0 saturated heterocycles. The minimum absolute atomic E-state index is 0. The van der Waals surface area contributed by atoms with Gasteiger partial charge in [0.1, 0.15) is 22.9 Å². The molecular weight excluding hydrogens is 529 g/mol. The normalized spacial score (nSPS) is 13.6. The van der Waals surface area contributed by atoms with Gasteiger partial charge in [0.2, 0.25) is 0 Å². The smallest absolute Gasteiger partial charge is 0.255 e. The molecule has 1 heterocycles. The number of ether oxygens (including phenoxy) is 1. The monoisotopic (exact) mass is 571 g/mol. The largest absolute Gasteiger partial charge is 0.493 e. The summed E-state index contributed by atoms with van der Waals surface area (Å²) in [5.41, 5.74) is 3.82. The third-order valence-electron chi connectivity index (χ3n) is 8.01. The summed E-state index contributed by atoms with van der Waals surface area (Å²) in [5.74, 6) is 1.51. The molecule has 4 aromatic rings. The zero-order valence-electron chi connectivity index (χ0n) is 24.1. The summed E-state index contributed by atoms with van der Waals surface area (Å²) < 4.78 is 26.2. The highest BCUT2D eigenvalue weighted by Gasteiger charge is 2.23. The minimum atomic E-state index is -0.364. The fraction of sp³-hybridized carbons (Fsp3) is 0.389. The third kappa shape index (κ3) is 6.92. The summed E-state index contributed by atoms with van der Waals surface area (Å²) in [7, 11) is 1.57. The maximum atomic E-state index is 13.6. The minimum Gasteiger partial charge on any atom is -0.493 e. The highest BCUT2D eigenvalue weighted by molar-refractivity contribution is 6.12. The molecule has 42 heavy (non-hydrogen) atoms. The number of hydrogen-bond donors (Lipinski definition) is 1. The Morgan fingerprint density at radius 1 is 0.976 bits per heavy atom. The van der Waals surface area contributed by atoms with E-state index in [1.54, 1.807) is 19.2 Å². The fourth-order valence-corrected chi connectivity index (χ4v) is 5.60. The van der Waals surface area contributed by atoms with Crippen molar-refractivity contribution < 1.29 is 23.1 Å². The molecule has 6 heteroatoms. The predicted molar refractivity (Wildman–Crippen MR) is 168 cm³/mol. The molecule has 3 aromatic carbocycles. The average Bonchev–Trinajstić information content (AvgIpc) is 3.38. The Morgan fingerprint density at radius 3 is 2.38 bits per heavy atom. The highest BCUT2D eigenvalue weighted by atomic mass is 19.1. The van der Waals surface area contributed by atoms with E-state index in [0.717, 1.165) is 23.3 Å². The van der Waals surface area contributed by atoms with E-state index in [-0.39, 0.29) is 24.9 Å². The average molecular weight is 572 g/mol. The molecule has 1 saturated carbocycles. The van der Waals surface area contributed by atoms with Crippen LogP contribution < -0.4 is 10.1 Å². The molecule has 1 fully saturated rings. The van der Waals surface area contributed by atoms with Gasteiger partial charge in [0.05, 0.1) is 12.2 Å². The Bertz CT molecular complexity index is 1530. The second-order valence-electron chi connectivity index (χ2n) is 11.5. The van der Waals surface area contributed by atoms with Gasteiger partial charge < -0.3 is 14.5 Å². The van der Waals surface area contributed by atoms with E-state index in [2.05, 4.69) is 19.2 Å². The van der Waals surface area contributed by atoms with Crippen LogP contribution >= 0.6 is 0 Å². The van der Waals surface area contributed by atoms with E-state index in [0.29, 0.717) is 58.3 Å². The number of ketones is 1. The molecule has 0 radical (unpaired) electrons. The van der Waals surface area contributed by atoms with E-state index in [9.17, 15) is 14.0 Å². The number of amides is 1. The first-order valence-corrected chi connectivity index (χ1v) is 14.7. The van der Waals surface area contributed by atoms with Crippen LogP contribution in [0.2, 0.25) is 0 Å². The second-order valence-corrected chi connectivity index (χ2v) is 11.5. The molecule has 222 valence electrons. The lowest BCUT2D eigenvalue weighted by atomic mass is 9.90. The van der Waals surface area contributed by atoms with Crippen LogP contribution in [0.4, 0.5) is 4.39 Å². The Morgan fingerprint density at radius 2 is 1.69 bits per heavy atom. The number of hydrogen-bond acceptors (Lipinski definition) is 4. The van der Waals surface area contributed by atoms with Crippen molar-refractivity contribution in [2.75, 3.05) is 13.7 Å². The number of carbonyl (C=O) groups is 2. The first-order chi connectivity index (χ1) is 19.8. The van der Waals surface area contributed by atoms with Crippen LogP contribution in [0.1, 0.15) is 86.9 Å². The first kappa shape index (κ1) is 31.0. The molecule has 1 aliphatic carbocycles. The lowest BCUT2D eigenvalue weighted by Crippen LogP contribution is -2.18. The fourth-order valence-electron chi connectivity index (χ4n) is 5.60. The third-order valence-corrected chi connectivity index (χ3v) is 8.01. The zero-order valence-corrected chi connectivity index (χ0v) is 24.1. The molecule has 1 aliphatic rings. The molecule has 0 bridgehead atoms. The first-order valence-electron chi connectivity index (χ1n) is 14.7. The van der Waals surface area contributed by atoms with Gasteiger partial charge in [-0.15, -0.1) is 0 Å². The molecule has 1 N–H and O–H groups in total. The summed E-state index contributed by atoms with van der Waals surface area (Å²) in [6.07, 6.45) is 7.42. The Labute approximate surface area is 248 Å². The van der Waals surface area contributed by atoms with Gasteiger partial charge in [0.15, 0.2) is 5.78 Å². The quantitative estimate of drug-likeness (QED) is 0.193. The predicted octanol–water partition coefficient (Wildman–Crippen LogP) is 9.48. The van der Waals surface area contributed by atoms with Gasteiger partial charge in [-0.2, -0.15) is 0 Å². The van der Waals surface area contributed by atoms with Crippen LogP contribution in [0, 0.1) is 17.7 Å². The van der Waals surface area contributed by atoms with Gasteiger partial charge in [-0.25, -0.2) is 4.39 Å². The molecule has 1 amide bonds. The molecular formula is C36H42FNO4. The van der Waals surface area contributed by atoms with E-state index < -0.39 is 0 Å². The van der Waals surface area contributed by atoms with Crippen LogP contribution in [0.25, 0.3) is 33.4 Å². The van der Waals surface area contributed by atoms with E-state index in [1.807, 2.05) is 36.4 Å². The van der Waals surface area contributed by atoms with Crippen molar-refractivity contribution in [2.45, 2.75) is 66.2 Å². The van der Waals surface area contributed by atoms with Crippen molar-refractivity contribution in [3.8, 4) is 28.2 Å². The van der Waals surface area contributed by atoms with Crippen molar-refractivity contribution in [2.24, 2.45) is 11.8 Å². The Kier molecular flexibility index (Phi) is 10.2. The van der Waals surface area contributed by atoms with Crippen LogP contribution in [0.3, 0.4) is 0 Å². The van der Waals surface area contributed by atoms with Gasteiger partial charge in [-0.1, -0.05) is 46.6 Å². The van der Waals surface area contributed by atoms with Crippen molar-refractivity contribution in [1.82, 2.24) is 5.32 Å². The maximum Gasteiger partial charge on any atom is 0.255 e. The maximum absolute atomic E-state index is 13.6. The molecule has 0 atom stereocenters. The summed E-state index contributed by atoms with van der Waals surface area (Å²) in [6, 6.07) is 17.3. The summed E-state index contributed by atoms with van der Waals surface area (Å²) in [4.78, 5) is 26.2. The number of furan rings is 1. The second kappa shape index (κ2) is 13.8. The van der Waals surface area contributed by atoms with Crippen LogP contribution in [-0.2, 0) is 0 Å². The van der Waals surface area contributed by atoms with E-state index >= 15 is 0 Å². The number of fused-ring (bicyclic) bond motifs is 1. The standard InChI is InChI=1S/C35H38FNO4.CH4/c1-22(2)9-16-30(38)26-13-17-31(40-21-23-7-5-4-6-8-23)28(20-26)25-12-18-32-29(19-25)33(35(39)37-3)34(41-32)24-10-14-27(36)15-11-24;/h10-15,17-20,22-23H,4-9,16,21H2,1-3H3,(H,37,39);1H4. The summed E-state index contributed by atoms with van der Waals surface area (Å²) in [5, 5.41) is 3.35. The van der Waals surface area contributed by atoms with Crippen molar-refractivity contribution in [1.29, 1.82) is 0 Å². The van der Waals surface area contributed by atoms with Gasteiger partial charge in [0, 0.05) is 35.5 Å². The summed E-state index contributed by atoms with van der Waals surface area (Å²) >= 11 is 0. The number of nitrogens with one attached hydrogen (secondary N) is 1. The lowest BCUT2D eigenvalue weighted by Gasteiger charge is -2.22. The number of Topliss-reactive ketones (excluding diaryl/α,β-unsaturated/α-hetero) is 1. The van der Waals surface area contributed by atoms with Gasteiger partial charge in [-0.05, 0) is 91.3 Å². The van der Waals surface area contributed by atoms with Crippen molar-refractivity contribution in [3.63, 3.8) is 0 Å². The van der Waals surface area contributed by atoms with E-state index in [4.69, 9.17) is 9.15 Å². The lowest BCUT2D eigenvalue weighted by molar-refractivity contribution is 0.0960. The Hall–Kier alpha value is -3.93. The molecule has 0 unspecified atom stereocenters. The van der Waals surface area contributed by atoms with Crippen molar-refractivity contribution in [3.05, 3.63) is 77.6 Å². The molecule has 1 aromatic heterocycles. The Balaban J connectivity index is 0.00000405. The molecule has 0 aliphatic heterocycles. The number of carbonyl (C=O) groups excluding carboxylic acids is 2. The van der Waals surface area contributed by atoms with Gasteiger partial charge >= 0.3 is 0 Å². The van der Waals surface area contributed by atoms with Crippen LogP contribution in [0.5, 0.6) is 5.75 Å². The van der Waals surface area contributed by atoms with Gasteiger partial charge in [-0.3, -0.25) is 9.59 Å². The van der Waals surface area contributed by atoms with Gasteiger partial charge in [0.25, 0.3) is 5.91 Å².